The van der Waals surface area contributed by atoms with E-state index in [-0.39, 0.29) is 23.8 Å². The molecule has 0 unspecified atom stereocenters. The van der Waals surface area contributed by atoms with Gasteiger partial charge in [-0.15, -0.1) is 0 Å². The van der Waals surface area contributed by atoms with Gasteiger partial charge in [0.15, 0.2) is 0 Å². The highest BCUT2D eigenvalue weighted by molar-refractivity contribution is 7.92. The minimum absolute atomic E-state index is 0.0508. The maximum Gasteiger partial charge on any atom is 0.501 e. The molecule has 1 aromatic carbocycles. The summed E-state index contributed by atoms with van der Waals surface area (Å²) in [6.45, 7) is 2.95. The van der Waals surface area contributed by atoms with Crippen LogP contribution in [-0.2, 0) is 21.2 Å². The van der Waals surface area contributed by atoms with Crippen molar-refractivity contribution in [3.63, 3.8) is 0 Å². The first-order chi connectivity index (χ1) is 15.6. The lowest BCUT2D eigenvalue weighted by Gasteiger charge is -2.27. The zero-order chi connectivity index (χ0) is 25.6. The number of carbonyl (C=O) groups excluding carboxylic acids is 3. The summed E-state index contributed by atoms with van der Waals surface area (Å²) >= 11 is 0. The first-order valence-corrected chi connectivity index (χ1v) is 11.3. The molecule has 2 aromatic rings. The number of urea groups is 1. The molecule has 1 aliphatic rings. The molecular weight excluding hydrogens is 477 g/mol. The van der Waals surface area contributed by atoms with Gasteiger partial charge in [0.2, 0.25) is 0 Å². The van der Waals surface area contributed by atoms with Crippen LogP contribution in [0, 0.1) is 0 Å². The van der Waals surface area contributed by atoms with Crippen molar-refractivity contribution in [3.8, 4) is 0 Å². The molecule has 0 saturated carbocycles. The van der Waals surface area contributed by atoms with E-state index in [0.717, 1.165) is 17.0 Å². The summed E-state index contributed by atoms with van der Waals surface area (Å²) in [5.41, 5.74) is -6.21. The molecule has 1 fully saturated rings. The van der Waals surface area contributed by atoms with Crippen LogP contribution in [0.15, 0.2) is 47.5 Å². The topological polar surface area (TPSA) is 108 Å². The van der Waals surface area contributed by atoms with Crippen LogP contribution in [0.4, 0.5) is 23.7 Å². The quantitative estimate of drug-likeness (QED) is 0.587. The average molecular weight is 498 g/mol. The van der Waals surface area contributed by atoms with Crippen LogP contribution in [0.5, 0.6) is 0 Å². The fourth-order valence-corrected chi connectivity index (χ4v) is 4.10. The van der Waals surface area contributed by atoms with E-state index in [0.29, 0.717) is 17.7 Å². The van der Waals surface area contributed by atoms with Gasteiger partial charge in [-0.25, -0.2) is 18.1 Å². The van der Waals surface area contributed by atoms with Crippen molar-refractivity contribution in [1.82, 2.24) is 14.8 Å². The number of hydrogen-bond acceptors (Lipinski definition) is 6. The molecule has 0 atom stereocenters. The van der Waals surface area contributed by atoms with Crippen molar-refractivity contribution in [2.24, 2.45) is 0 Å². The number of carbonyl (C=O) groups is 3. The smallest absolute Gasteiger partial charge is 0.343 e. The van der Waals surface area contributed by atoms with Crippen molar-refractivity contribution in [3.05, 3.63) is 53.9 Å². The van der Waals surface area contributed by atoms with Gasteiger partial charge in [-0.05, 0) is 55.8 Å². The van der Waals surface area contributed by atoms with Gasteiger partial charge in [-0.3, -0.25) is 14.6 Å². The molecule has 13 heteroatoms. The Labute approximate surface area is 193 Å². The Balaban J connectivity index is 1.91. The van der Waals surface area contributed by atoms with E-state index in [1.165, 1.54) is 35.9 Å². The number of hydrogen-bond donors (Lipinski definition) is 0. The summed E-state index contributed by atoms with van der Waals surface area (Å²) in [6, 6.07) is 5.64. The molecule has 0 aliphatic carbocycles. The fraction of sp³-hybridized carbons (Fsp3) is 0.333. The molecule has 0 spiro atoms. The zero-order valence-electron chi connectivity index (χ0n) is 18.6. The van der Waals surface area contributed by atoms with E-state index in [1.807, 2.05) is 0 Å². The lowest BCUT2D eigenvalue weighted by atomic mass is 10.0. The van der Waals surface area contributed by atoms with Crippen LogP contribution in [0.1, 0.15) is 29.9 Å². The van der Waals surface area contributed by atoms with Crippen LogP contribution < -0.4 is 4.90 Å². The second-order valence-corrected chi connectivity index (χ2v) is 10.2. The van der Waals surface area contributed by atoms with Crippen molar-refractivity contribution in [2.45, 2.75) is 36.3 Å². The minimum atomic E-state index is -5.57. The third kappa shape index (κ3) is 4.22. The van der Waals surface area contributed by atoms with Gasteiger partial charge in [0, 0.05) is 26.8 Å². The number of nitrogens with zero attached hydrogens (tertiary/aromatic N) is 4. The Morgan fingerprint density at radius 2 is 1.68 bits per heavy atom. The molecule has 1 saturated heterocycles. The van der Waals surface area contributed by atoms with Gasteiger partial charge in [-0.1, -0.05) is 0 Å². The van der Waals surface area contributed by atoms with Crippen molar-refractivity contribution in [2.75, 3.05) is 19.0 Å². The summed E-state index contributed by atoms with van der Waals surface area (Å²) in [6.07, 6.45) is 1.40. The van der Waals surface area contributed by atoms with Crippen molar-refractivity contribution >= 4 is 33.4 Å². The van der Waals surface area contributed by atoms with E-state index < -0.39 is 37.7 Å². The summed E-state index contributed by atoms with van der Waals surface area (Å²) < 4.78 is 61.5. The van der Waals surface area contributed by atoms with Crippen LogP contribution in [0.25, 0.3) is 0 Å². The van der Waals surface area contributed by atoms with Gasteiger partial charge in [0.25, 0.3) is 21.7 Å². The van der Waals surface area contributed by atoms with Crippen LogP contribution in [-0.4, -0.2) is 66.2 Å². The Morgan fingerprint density at radius 1 is 1.09 bits per heavy atom. The van der Waals surface area contributed by atoms with Crippen LogP contribution in [0.2, 0.25) is 0 Å². The molecule has 182 valence electrons. The maximum atomic E-state index is 13.1. The molecule has 0 radical (unpaired) electrons. The Morgan fingerprint density at radius 3 is 2.21 bits per heavy atom. The molecule has 3 rings (SSSR count). The number of aromatic nitrogens is 1. The second-order valence-electron chi connectivity index (χ2n) is 8.26. The van der Waals surface area contributed by atoms with Crippen LogP contribution in [0.3, 0.4) is 0 Å². The molecule has 34 heavy (non-hydrogen) atoms. The minimum Gasteiger partial charge on any atom is -0.343 e. The van der Waals surface area contributed by atoms with Crippen molar-refractivity contribution in [1.29, 1.82) is 0 Å². The molecule has 1 aliphatic heterocycles. The standard InChI is InChI=1S/C21H21F3N4O5S/c1-20(2)18(30)28(14-5-7-15(8-6-14)34(32,33)21(22,23)24)19(31)27(20)12-13-9-10-25-16(11-13)17(29)26(3)4/h5-11H,12H2,1-4H3. The summed E-state index contributed by atoms with van der Waals surface area (Å²) in [5.74, 6) is -0.997. The number of amides is 4. The number of halogens is 3. The zero-order valence-corrected chi connectivity index (χ0v) is 19.4. The number of sulfone groups is 1. The predicted octanol–water partition coefficient (Wildman–Crippen LogP) is 2.82. The highest BCUT2D eigenvalue weighted by Gasteiger charge is 2.52. The molecule has 9 nitrogen and oxygen atoms in total. The maximum absolute atomic E-state index is 13.1. The molecule has 0 N–H and O–H groups in total. The number of pyridine rings is 1. The molecule has 0 bridgehead atoms. The van der Waals surface area contributed by atoms with E-state index in [9.17, 15) is 36.0 Å². The number of benzene rings is 1. The van der Waals surface area contributed by atoms with Gasteiger partial charge >= 0.3 is 11.5 Å². The Bertz CT molecular complexity index is 1260. The largest absolute Gasteiger partial charge is 0.501 e. The van der Waals surface area contributed by atoms with Gasteiger partial charge in [0.05, 0.1) is 10.6 Å². The van der Waals surface area contributed by atoms with E-state index in [2.05, 4.69) is 4.98 Å². The first-order valence-electron chi connectivity index (χ1n) is 9.83. The van der Waals surface area contributed by atoms with Gasteiger partial charge in [-0.2, -0.15) is 13.2 Å². The van der Waals surface area contributed by atoms with Crippen LogP contribution >= 0.6 is 0 Å². The molecule has 4 amide bonds. The van der Waals surface area contributed by atoms with E-state index in [4.69, 9.17) is 0 Å². The Hall–Kier alpha value is -3.48. The first kappa shape index (κ1) is 25.1. The molecule has 2 heterocycles. The summed E-state index contributed by atoms with van der Waals surface area (Å²) in [4.78, 5) is 44.7. The number of anilines is 1. The molecular formula is C21H21F3N4O5S. The Kier molecular flexibility index (Phi) is 6.20. The lowest BCUT2D eigenvalue weighted by molar-refractivity contribution is -0.123. The van der Waals surface area contributed by atoms with E-state index in [1.54, 1.807) is 20.2 Å². The summed E-state index contributed by atoms with van der Waals surface area (Å²) in [7, 11) is -2.45. The average Bonchev–Trinajstić information content (AvgIpc) is 2.92. The second kappa shape index (κ2) is 8.38. The lowest BCUT2D eigenvalue weighted by Crippen LogP contribution is -2.43. The van der Waals surface area contributed by atoms with Gasteiger partial charge < -0.3 is 9.80 Å². The molecule has 1 aromatic heterocycles. The third-order valence-electron chi connectivity index (χ3n) is 5.32. The third-order valence-corrected chi connectivity index (χ3v) is 6.83. The SMILES string of the molecule is CN(C)C(=O)c1cc(CN2C(=O)N(c3ccc(S(=O)(=O)C(F)(F)F)cc3)C(=O)C2(C)C)ccn1. The monoisotopic (exact) mass is 498 g/mol. The number of rotatable bonds is 5. The number of alkyl halides is 3. The fourth-order valence-electron chi connectivity index (χ4n) is 3.34. The van der Waals surface area contributed by atoms with Crippen molar-refractivity contribution < 1.29 is 36.0 Å². The normalized spacial score (nSPS) is 16.2. The highest BCUT2D eigenvalue weighted by Crippen LogP contribution is 2.35. The predicted molar refractivity (Wildman–Crippen MR) is 114 cm³/mol. The highest BCUT2D eigenvalue weighted by atomic mass is 32.2. The van der Waals surface area contributed by atoms with E-state index >= 15 is 0 Å². The van der Waals surface area contributed by atoms with Gasteiger partial charge in [0.1, 0.15) is 11.2 Å². The number of imide groups is 1. The summed E-state index contributed by atoms with van der Waals surface area (Å²) in [5, 5.41) is 0.